The Morgan fingerprint density at radius 2 is 1.78 bits per heavy atom. The molecule has 0 bridgehead atoms. The van der Waals surface area contributed by atoms with Crippen LogP contribution in [0.15, 0.2) is 53.3 Å². The van der Waals surface area contributed by atoms with Gasteiger partial charge in [0, 0.05) is 5.39 Å². The maximum Gasteiger partial charge on any atom is 0.332 e. The molecule has 0 radical (unpaired) electrons. The quantitative estimate of drug-likeness (QED) is 0.508. The lowest BCUT2D eigenvalue weighted by Crippen LogP contribution is -2.15. The molecule has 0 unspecified atom stereocenters. The second kappa shape index (κ2) is 3.20. The molecule has 0 aliphatic carbocycles. The molecule has 0 saturated carbocycles. The number of rotatable bonds is 0. The molecule has 4 heteroatoms. The Bertz CT molecular complexity index is 949. The van der Waals surface area contributed by atoms with Crippen LogP contribution in [0, 0.1) is 0 Å². The number of nitrogens with one attached hydrogen (secondary N) is 1. The topological polar surface area (TPSA) is 50.2 Å². The number of aromatic nitrogens is 3. The van der Waals surface area contributed by atoms with Gasteiger partial charge in [0.25, 0.3) is 0 Å². The van der Waals surface area contributed by atoms with E-state index in [0.29, 0.717) is 5.65 Å². The molecule has 0 amide bonds. The van der Waals surface area contributed by atoms with Gasteiger partial charge in [0.2, 0.25) is 0 Å². The van der Waals surface area contributed by atoms with Gasteiger partial charge in [0.05, 0.1) is 16.6 Å². The number of imidazole rings is 1. The van der Waals surface area contributed by atoms with Gasteiger partial charge in [-0.25, -0.2) is 14.2 Å². The first-order valence-corrected chi connectivity index (χ1v) is 5.73. The largest absolute Gasteiger partial charge is 0.332 e. The fraction of sp³-hybridized carbons (Fsp3) is 0. The van der Waals surface area contributed by atoms with E-state index in [1.165, 1.54) is 0 Å². The van der Waals surface area contributed by atoms with Crippen molar-refractivity contribution >= 4 is 27.6 Å². The van der Waals surface area contributed by atoms with Crippen LogP contribution in [0.25, 0.3) is 27.6 Å². The second-order valence-electron chi connectivity index (χ2n) is 4.24. The molecule has 2 heterocycles. The minimum Gasteiger partial charge on any atom is -0.306 e. The zero-order valence-corrected chi connectivity index (χ0v) is 9.42. The molecule has 0 fully saturated rings. The van der Waals surface area contributed by atoms with Gasteiger partial charge in [-0.15, -0.1) is 0 Å². The van der Waals surface area contributed by atoms with E-state index in [4.69, 9.17) is 0 Å². The van der Waals surface area contributed by atoms with Crippen molar-refractivity contribution in [1.82, 2.24) is 14.4 Å². The van der Waals surface area contributed by atoms with Gasteiger partial charge in [-0.05, 0) is 24.3 Å². The van der Waals surface area contributed by atoms with Crippen LogP contribution < -0.4 is 5.69 Å². The van der Waals surface area contributed by atoms with Gasteiger partial charge in [0.1, 0.15) is 0 Å². The molecule has 0 saturated heterocycles. The Labute approximate surface area is 102 Å². The first-order valence-electron chi connectivity index (χ1n) is 5.73. The van der Waals surface area contributed by atoms with Gasteiger partial charge in [-0.3, -0.25) is 0 Å². The Balaban J connectivity index is 2.42. The Kier molecular flexibility index (Phi) is 1.67. The summed E-state index contributed by atoms with van der Waals surface area (Å²) in [5.41, 5.74) is 3.03. The summed E-state index contributed by atoms with van der Waals surface area (Å²) in [6, 6.07) is 15.3. The predicted molar refractivity (Wildman–Crippen MR) is 70.8 cm³/mol. The SMILES string of the molecule is O=c1[nH]c2ccccc2c2nc3ccccc3n12. The van der Waals surface area contributed by atoms with Crippen molar-refractivity contribution in [2.24, 2.45) is 0 Å². The zero-order valence-electron chi connectivity index (χ0n) is 9.42. The van der Waals surface area contributed by atoms with E-state index in [-0.39, 0.29) is 5.69 Å². The Morgan fingerprint density at radius 3 is 2.72 bits per heavy atom. The van der Waals surface area contributed by atoms with Crippen molar-refractivity contribution in [2.75, 3.05) is 0 Å². The Morgan fingerprint density at radius 1 is 1.00 bits per heavy atom. The molecule has 4 aromatic rings. The summed E-state index contributed by atoms with van der Waals surface area (Å²) in [7, 11) is 0. The standard InChI is InChI=1S/C14H9N3O/c18-14-16-10-6-2-1-5-9(10)13-15-11-7-3-4-8-12(11)17(13)14/h1-8H,(H,16,18). The maximum absolute atomic E-state index is 12.1. The molecular formula is C14H9N3O. The number of hydrogen-bond acceptors (Lipinski definition) is 2. The predicted octanol–water partition coefficient (Wildman–Crippen LogP) is 2.33. The number of nitrogens with zero attached hydrogens (tertiary/aromatic N) is 2. The van der Waals surface area contributed by atoms with E-state index in [9.17, 15) is 4.79 Å². The lowest BCUT2D eigenvalue weighted by atomic mass is 10.2. The van der Waals surface area contributed by atoms with Gasteiger partial charge in [-0.1, -0.05) is 24.3 Å². The average molecular weight is 235 g/mol. The molecule has 4 nitrogen and oxygen atoms in total. The number of fused-ring (bicyclic) bond motifs is 5. The molecule has 0 spiro atoms. The third kappa shape index (κ3) is 1.09. The van der Waals surface area contributed by atoms with E-state index in [0.717, 1.165) is 21.9 Å². The van der Waals surface area contributed by atoms with Crippen LogP contribution >= 0.6 is 0 Å². The summed E-state index contributed by atoms with van der Waals surface area (Å²) in [5, 5.41) is 0.952. The number of benzene rings is 2. The van der Waals surface area contributed by atoms with Crippen LogP contribution in [-0.2, 0) is 0 Å². The monoisotopic (exact) mass is 235 g/mol. The van der Waals surface area contributed by atoms with Gasteiger partial charge < -0.3 is 4.98 Å². The molecule has 18 heavy (non-hydrogen) atoms. The zero-order chi connectivity index (χ0) is 12.1. The average Bonchev–Trinajstić information content (AvgIpc) is 2.79. The Hall–Kier alpha value is -2.62. The van der Waals surface area contributed by atoms with Crippen LogP contribution in [0.2, 0.25) is 0 Å². The highest BCUT2D eigenvalue weighted by atomic mass is 16.1. The molecule has 0 aliphatic rings. The normalized spacial score (nSPS) is 11.6. The van der Waals surface area contributed by atoms with Crippen LogP contribution in [0.1, 0.15) is 0 Å². The lowest BCUT2D eigenvalue weighted by Gasteiger charge is -1.99. The van der Waals surface area contributed by atoms with Gasteiger partial charge >= 0.3 is 5.69 Å². The van der Waals surface area contributed by atoms with Gasteiger partial charge in [0.15, 0.2) is 5.65 Å². The molecular weight excluding hydrogens is 226 g/mol. The van der Waals surface area contributed by atoms with Crippen molar-refractivity contribution in [3.05, 3.63) is 59.0 Å². The number of H-pyrrole nitrogens is 1. The fourth-order valence-corrected chi connectivity index (χ4v) is 2.37. The van der Waals surface area contributed by atoms with E-state index in [1.807, 2.05) is 48.5 Å². The van der Waals surface area contributed by atoms with Crippen molar-refractivity contribution in [3.8, 4) is 0 Å². The number of aromatic amines is 1. The van der Waals surface area contributed by atoms with E-state index >= 15 is 0 Å². The highest BCUT2D eigenvalue weighted by Crippen LogP contribution is 2.20. The van der Waals surface area contributed by atoms with Crippen molar-refractivity contribution in [3.63, 3.8) is 0 Å². The first-order chi connectivity index (χ1) is 8.84. The fourth-order valence-electron chi connectivity index (χ4n) is 2.37. The minimum absolute atomic E-state index is 0.155. The minimum atomic E-state index is -0.155. The van der Waals surface area contributed by atoms with Crippen molar-refractivity contribution < 1.29 is 0 Å². The summed E-state index contributed by atoms with van der Waals surface area (Å²) in [5.74, 6) is 0. The van der Waals surface area contributed by atoms with Crippen LogP contribution in [0.5, 0.6) is 0 Å². The highest BCUT2D eigenvalue weighted by Gasteiger charge is 2.09. The summed E-state index contributed by atoms with van der Waals surface area (Å²) >= 11 is 0. The third-order valence-electron chi connectivity index (χ3n) is 3.17. The molecule has 0 aliphatic heterocycles. The molecule has 2 aromatic heterocycles. The molecule has 86 valence electrons. The third-order valence-corrected chi connectivity index (χ3v) is 3.17. The van der Waals surface area contributed by atoms with Crippen molar-refractivity contribution in [2.45, 2.75) is 0 Å². The number of para-hydroxylation sites is 3. The molecule has 2 aromatic carbocycles. The summed E-state index contributed by atoms with van der Waals surface area (Å²) in [6.07, 6.45) is 0. The number of hydrogen-bond donors (Lipinski definition) is 1. The van der Waals surface area contributed by atoms with Gasteiger partial charge in [-0.2, -0.15) is 0 Å². The van der Waals surface area contributed by atoms with Crippen LogP contribution in [-0.4, -0.2) is 14.4 Å². The highest BCUT2D eigenvalue weighted by molar-refractivity contribution is 5.95. The summed E-state index contributed by atoms with van der Waals surface area (Å²) in [6.45, 7) is 0. The first kappa shape index (κ1) is 9.41. The van der Waals surface area contributed by atoms with E-state index < -0.39 is 0 Å². The lowest BCUT2D eigenvalue weighted by molar-refractivity contribution is 1.06. The summed E-state index contributed by atoms with van der Waals surface area (Å²) < 4.78 is 1.62. The van der Waals surface area contributed by atoms with E-state index in [2.05, 4.69) is 9.97 Å². The van der Waals surface area contributed by atoms with Crippen molar-refractivity contribution in [1.29, 1.82) is 0 Å². The summed E-state index contributed by atoms with van der Waals surface area (Å²) in [4.78, 5) is 19.6. The maximum atomic E-state index is 12.1. The molecule has 0 atom stereocenters. The second-order valence-corrected chi connectivity index (χ2v) is 4.24. The smallest absolute Gasteiger partial charge is 0.306 e. The molecule has 1 N–H and O–H groups in total. The van der Waals surface area contributed by atoms with E-state index in [1.54, 1.807) is 4.40 Å². The van der Waals surface area contributed by atoms with Crippen LogP contribution in [0.4, 0.5) is 0 Å². The molecule has 4 rings (SSSR count). The van der Waals surface area contributed by atoms with Crippen LogP contribution in [0.3, 0.4) is 0 Å².